The number of ether oxygens (including phenoxy) is 1. The van der Waals surface area contributed by atoms with Crippen LogP contribution in [0.2, 0.25) is 0 Å². The summed E-state index contributed by atoms with van der Waals surface area (Å²) in [6.07, 6.45) is 1.97. The second-order valence-corrected chi connectivity index (χ2v) is 4.63. The van der Waals surface area contributed by atoms with Crippen LogP contribution in [0.25, 0.3) is 0 Å². The number of methoxy groups -OCH3 is 1. The number of hydrogen-bond donors (Lipinski definition) is 1. The van der Waals surface area contributed by atoms with E-state index in [1.165, 1.54) is 0 Å². The van der Waals surface area contributed by atoms with Gasteiger partial charge in [-0.25, -0.2) is 0 Å². The lowest BCUT2D eigenvalue weighted by atomic mass is 9.98. The van der Waals surface area contributed by atoms with Crippen molar-refractivity contribution in [1.82, 2.24) is 15.5 Å². The second-order valence-electron chi connectivity index (χ2n) is 4.63. The van der Waals surface area contributed by atoms with E-state index < -0.39 is 0 Å². The largest absolute Gasteiger partial charge is 0.374 e. The molecule has 0 spiro atoms. The van der Waals surface area contributed by atoms with Crippen molar-refractivity contribution in [3.05, 3.63) is 11.7 Å². The molecular weight excluding hydrogens is 230 g/mol. The number of rotatable bonds is 8. The van der Waals surface area contributed by atoms with E-state index in [1.807, 2.05) is 6.92 Å². The molecule has 0 amide bonds. The smallest absolute Gasteiger partial charge is 0.231 e. The Bertz CT molecular complexity index is 341. The van der Waals surface area contributed by atoms with Crippen molar-refractivity contribution in [2.75, 3.05) is 13.7 Å². The third-order valence-electron chi connectivity index (χ3n) is 3.25. The van der Waals surface area contributed by atoms with Gasteiger partial charge in [0, 0.05) is 13.2 Å². The van der Waals surface area contributed by atoms with Crippen LogP contribution in [0.4, 0.5) is 0 Å². The Labute approximate surface area is 109 Å². The summed E-state index contributed by atoms with van der Waals surface area (Å²) in [5.41, 5.74) is 0. The zero-order valence-electron chi connectivity index (χ0n) is 12.1. The van der Waals surface area contributed by atoms with Crippen LogP contribution in [0.3, 0.4) is 0 Å². The van der Waals surface area contributed by atoms with Crippen molar-refractivity contribution in [2.45, 2.75) is 58.6 Å². The summed E-state index contributed by atoms with van der Waals surface area (Å²) < 4.78 is 10.5. The predicted molar refractivity (Wildman–Crippen MR) is 70.5 cm³/mol. The number of aromatic nitrogens is 2. The van der Waals surface area contributed by atoms with Gasteiger partial charge in [-0.1, -0.05) is 19.0 Å². The minimum absolute atomic E-state index is 0.126. The Morgan fingerprint density at radius 2 is 2.06 bits per heavy atom. The molecule has 0 radical (unpaired) electrons. The lowest BCUT2D eigenvalue weighted by molar-refractivity contribution is 0.109. The molecule has 0 saturated heterocycles. The SMILES string of the molecule is CCCNC(C)C(CC)c1nc(C(C)OC)no1. The highest BCUT2D eigenvalue weighted by Crippen LogP contribution is 2.23. The summed E-state index contributed by atoms with van der Waals surface area (Å²) in [6, 6.07) is 0.334. The molecule has 0 aliphatic heterocycles. The zero-order chi connectivity index (χ0) is 13.5. The van der Waals surface area contributed by atoms with Crippen molar-refractivity contribution in [2.24, 2.45) is 0 Å². The molecule has 0 saturated carbocycles. The molecular formula is C13H25N3O2. The molecule has 0 aliphatic rings. The van der Waals surface area contributed by atoms with Crippen molar-refractivity contribution in [3.8, 4) is 0 Å². The summed E-state index contributed by atoms with van der Waals surface area (Å²) in [4.78, 5) is 4.44. The van der Waals surface area contributed by atoms with Crippen molar-refractivity contribution in [1.29, 1.82) is 0 Å². The van der Waals surface area contributed by atoms with Crippen LogP contribution in [-0.4, -0.2) is 29.8 Å². The van der Waals surface area contributed by atoms with Crippen LogP contribution in [0.1, 0.15) is 64.3 Å². The fraction of sp³-hybridized carbons (Fsp3) is 0.846. The molecule has 3 atom stereocenters. The lowest BCUT2D eigenvalue weighted by Gasteiger charge is -2.20. The molecule has 3 unspecified atom stereocenters. The van der Waals surface area contributed by atoms with E-state index in [-0.39, 0.29) is 12.0 Å². The molecule has 1 N–H and O–H groups in total. The zero-order valence-corrected chi connectivity index (χ0v) is 12.1. The molecule has 0 aromatic carbocycles. The molecule has 1 aromatic rings. The molecule has 18 heavy (non-hydrogen) atoms. The Hall–Kier alpha value is -0.940. The van der Waals surface area contributed by atoms with Crippen molar-refractivity contribution >= 4 is 0 Å². The van der Waals surface area contributed by atoms with Crippen LogP contribution >= 0.6 is 0 Å². The molecule has 0 fully saturated rings. The third kappa shape index (κ3) is 3.78. The summed E-state index contributed by atoms with van der Waals surface area (Å²) in [7, 11) is 1.64. The third-order valence-corrected chi connectivity index (χ3v) is 3.25. The first-order valence-corrected chi connectivity index (χ1v) is 6.73. The maximum atomic E-state index is 5.36. The Morgan fingerprint density at radius 3 is 2.61 bits per heavy atom. The highest BCUT2D eigenvalue weighted by Gasteiger charge is 2.24. The van der Waals surface area contributed by atoms with E-state index in [4.69, 9.17) is 9.26 Å². The highest BCUT2D eigenvalue weighted by molar-refractivity contribution is 4.99. The molecule has 5 nitrogen and oxygen atoms in total. The highest BCUT2D eigenvalue weighted by atomic mass is 16.5. The maximum absolute atomic E-state index is 5.36. The van der Waals surface area contributed by atoms with E-state index in [0.29, 0.717) is 17.8 Å². The Kier molecular flexibility index (Phi) is 6.29. The quantitative estimate of drug-likeness (QED) is 0.774. The molecule has 0 aliphatic carbocycles. The Balaban J connectivity index is 2.72. The Morgan fingerprint density at radius 1 is 1.33 bits per heavy atom. The first-order chi connectivity index (χ1) is 8.63. The first-order valence-electron chi connectivity index (χ1n) is 6.73. The van der Waals surface area contributed by atoms with Crippen molar-refractivity contribution < 1.29 is 9.26 Å². The van der Waals surface area contributed by atoms with Gasteiger partial charge in [-0.3, -0.25) is 0 Å². The molecule has 104 valence electrons. The van der Waals surface area contributed by atoms with Gasteiger partial charge in [0.15, 0.2) is 5.82 Å². The number of hydrogen-bond acceptors (Lipinski definition) is 5. The number of nitrogens with zero attached hydrogens (tertiary/aromatic N) is 2. The summed E-state index contributed by atoms with van der Waals surface area (Å²) in [6.45, 7) is 9.37. The van der Waals surface area contributed by atoms with E-state index in [2.05, 4.69) is 36.2 Å². The van der Waals surface area contributed by atoms with E-state index >= 15 is 0 Å². The minimum Gasteiger partial charge on any atom is -0.374 e. The van der Waals surface area contributed by atoms with E-state index in [0.717, 1.165) is 19.4 Å². The average molecular weight is 255 g/mol. The van der Waals surface area contributed by atoms with Gasteiger partial charge >= 0.3 is 0 Å². The van der Waals surface area contributed by atoms with Gasteiger partial charge in [-0.15, -0.1) is 0 Å². The van der Waals surface area contributed by atoms with Crippen LogP contribution in [0.5, 0.6) is 0 Å². The summed E-state index contributed by atoms with van der Waals surface area (Å²) >= 11 is 0. The maximum Gasteiger partial charge on any atom is 0.231 e. The average Bonchev–Trinajstić information content (AvgIpc) is 2.85. The van der Waals surface area contributed by atoms with Crippen LogP contribution in [-0.2, 0) is 4.74 Å². The minimum atomic E-state index is -0.126. The predicted octanol–water partition coefficient (Wildman–Crippen LogP) is 2.66. The van der Waals surface area contributed by atoms with Crippen molar-refractivity contribution in [3.63, 3.8) is 0 Å². The van der Waals surface area contributed by atoms with Crippen LogP contribution < -0.4 is 5.32 Å². The van der Waals surface area contributed by atoms with Crippen LogP contribution in [0.15, 0.2) is 4.52 Å². The molecule has 5 heteroatoms. The van der Waals surface area contributed by atoms with E-state index in [9.17, 15) is 0 Å². The van der Waals surface area contributed by atoms with Gasteiger partial charge in [-0.2, -0.15) is 4.98 Å². The van der Waals surface area contributed by atoms with Gasteiger partial charge in [0.2, 0.25) is 5.89 Å². The first kappa shape index (κ1) is 15.1. The van der Waals surface area contributed by atoms with Gasteiger partial charge in [0.05, 0.1) is 5.92 Å². The molecule has 1 rings (SSSR count). The number of nitrogens with one attached hydrogen (secondary N) is 1. The standard InChI is InChI=1S/C13H25N3O2/c1-6-8-14-9(3)11(7-2)13-15-12(16-18-13)10(4)17-5/h9-11,14H,6-8H2,1-5H3. The molecule has 1 heterocycles. The summed E-state index contributed by atoms with van der Waals surface area (Å²) in [5.74, 6) is 1.57. The fourth-order valence-corrected chi connectivity index (χ4v) is 1.92. The van der Waals surface area contributed by atoms with Gasteiger partial charge in [-0.05, 0) is 33.2 Å². The second kappa shape index (κ2) is 7.48. The van der Waals surface area contributed by atoms with E-state index in [1.54, 1.807) is 7.11 Å². The molecule has 1 aromatic heterocycles. The molecule has 0 bridgehead atoms. The topological polar surface area (TPSA) is 60.2 Å². The monoisotopic (exact) mass is 255 g/mol. The summed E-state index contributed by atoms with van der Waals surface area (Å²) in [5, 5.41) is 7.45. The normalized spacial score (nSPS) is 16.5. The van der Waals surface area contributed by atoms with Gasteiger partial charge in [0.25, 0.3) is 0 Å². The lowest BCUT2D eigenvalue weighted by Crippen LogP contribution is -2.32. The van der Waals surface area contributed by atoms with Crippen LogP contribution in [0, 0.1) is 0 Å². The fourth-order valence-electron chi connectivity index (χ4n) is 1.92. The van der Waals surface area contributed by atoms with Gasteiger partial charge < -0.3 is 14.6 Å². The van der Waals surface area contributed by atoms with Gasteiger partial charge in [0.1, 0.15) is 6.10 Å².